The molecule has 1 heterocycles. The van der Waals surface area contributed by atoms with Gasteiger partial charge in [0.2, 0.25) is 0 Å². The number of benzene rings is 3. The number of amides is 2. The number of hydrogen-bond donors (Lipinski definition) is 1. The standard InChI is InChI=1S/C26H25N3O5S/c1-32-22-13-12-19(16-23(22)33-2)27-26(35)29(34-17-18-8-4-3-5-9-18)15-14-28-24(30)20-10-6-7-11-21(20)25(28)31/h3-13,16H,14-15,17H2,1-2H3,(H,27,35). The van der Waals surface area contributed by atoms with Crippen LogP contribution in [0.4, 0.5) is 5.69 Å². The monoisotopic (exact) mass is 491 g/mol. The molecule has 35 heavy (non-hydrogen) atoms. The van der Waals surface area contributed by atoms with Gasteiger partial charge in [0, 0.05) is 18.3 Å². The molecular weight excluding hydrogens is 466 g/mol. The van der Waals surface area contributed by atoms with Crippen LogP contribution in [0.2, 0.25) is 0 Å². The third kappa shape index (κ3) is 5.42. The van der Waals surface area contributed by atoms with Crippen molar-refractivity contribution in [3.8, 4) is 11.5 Å². The van der Waals surface area contributed by atoms with Crippen molar-refractivity contribution in [2.75, 3.05) is 32.6 Å². The van der Waals surface area contributed by atoms with Crippen molar-refractivity contribution in [2.45, 2.75) is 6.61 Å². The van der Waals surface area contributed by atoms with Gasteiger partial charge < -0.3 is 14.8 Å². The highest BCUT2D eigenvalue weighted by Crippen LogP contribution is 2.30. The Balaban J connectivity index is 1.48. The highest BCUT2D eigenvalue weighted by Gasteiger charge is 2.35. The maximum absolute atomic E-state index is 12.8. The maximum atomic E-state index is 12.8. The van der Waals surface area contributed by atoms with Crippen LogP contribution in [0.3, 0.4) is 0 Å². The number of hydroxylamine groups is 2. The van der Waals surface area contributed by atoms with Crippen molar-refractivity contribution in [3.63, 3.8) is 0 Å². The molecule has 0 saturated heterocycles. The van der Waals surface area contributed by atoms with Gasteiger partial charge in [-0.25, -0.2) is 5.06 Å². The van der Waals surface area contributed by atoms with E-state index in [0.29, 0.717) is 28.3 Å². The van der Waals surface area contributed by atoms with Crippen LogP contribution >= 0.6 is 12.2 Å². The maximum Gasteiger partial charge on any atom is 0.261 e. The number of fused-ring (bicyclic) bond motifs is 1. The highest BCUT2D eigenvalue weighted by molar-refractivity contribution is 7.80. The summed E-state index contributed by atoms with van der Waals surface area (Å²) in [6.07, 6.45) is 0. The molecule has 8 nitrogen and oxygen atoms in total. The Labute approximate surface area is 209 Å². The first-order chi connectivity index (χ1) is 17.0. The summed E-state index contributed by atoms with van der Waals surface area (Å²) in [6.45, 7) is 0.545. The molecule has 0 bridgehead atoms. The number of ether oxygens (including phenoxy) is 2. The van der Waals surface area contributed by atoms with Gasteiger partial charge in [-0.1, -0.05) is 42.5 Å². The average Bonchev–Trinajstić information content (AvgIpc) is 3.14. The molecule has 0 atom stereocenters. The van der Waals surface area contributed by atoms with Gasteiger partial charge in [-0.05, 0) is 42.0 Å². The average molecular weight is 492 g/mol. The van der Waals surface area contributed by atoms with Crippen LogP contribution in [-0.4, -0.2) is 54.2 Å². The lowest BCUT2D eigenvalue weighted by Gasteiger charge is -2.27. The van der Waals surface area contributed by atoms with E-state index in [1.807, 2.05) is 30.3 Å². The SMILES string of the molecule is COc1ccc(NC(=S)N(CCN2C(=O)c3ccccc3C2=O)OCc2ccccc2)cc1OC. The Kier molecular flexibility index (Phi) is 7.59. The van der Waals surface area contributed by atoms with Gasteiger partial charge in [0.05, 0.1) is 31.9 Å². The molecule has 9 heteroatoms. The molecular formula is C26H25N3O5S. The predicted octanol–water partition coefficient (Wildman–Crippen LogP) is 4.13. The minimum atomic E-state index is -0.327. The molecule has 1 aliphatic heterocycles. The molecule has 3 aromatic carbocycles. The Bertz CT molecular complexity index is 1200. The molecule has 0 aromatic heterocycles. The van der Waals surface area contributed by atoms with Crippen LogP contribution in [0.1, 0.15) is 26.3 Å². The van der Waals surface area contributed by atoms with E-state index in [0.717, 1.165) is 5.56 Å². The lowest BCUT2D eigenvalue weighted by atomic mass is 10.1. The molecule has 0 saturated carbocycles. The van der Waals surface area contributed by atoms with E-state index in [2.05, 4.69) is 5.32 Å². The molecule has 0 fully saturated rings. The van der Waals surface area contributed by atoms with Crippen LogP contribution in [0.15, 0.2) is 72.8 Å². The first-order valence-electron chi connectivity index (χ1n) is 10.9. The van der Waals surface area contributed by atoms with Crippen LogP contribution in [0.5, 0.6) is 11.5 Å². The van der Waals surface area contributed by atoms with Crippen LogP contribution in [-0.2, 0) is 11.4 Å². The molecule has 180 valence electrons. The molecule has 3 aromatic rings. The normalized spacial score (nSPS) is 12.3. The summed E-state index contributed by atoms with van der Waals surface area (Å²) in [5.74, 6) is 0.481. The quantitative estimate of drug-likeness (QED) is 0.272. The molecule has 0 unspecified atom stereocenters. The number of nitrogens with zero attached hydrogens (tertiary/aromatic N) is 2. The topological polar surface area (TPSA) is 80.3 Å². The van der Waals surface area contributed by atoms with Gasteiger partial charge in [0.15, 0.2) is 16.6 Å². The molecule has 4 rings (SSSR count). The largest absolute Gasteiger partial charge is 0.493 e. The van der Waals surface area contributed by atoms with Gasteiger partial charge in [0.1, 0.15) is 6.61 Å². The first kappa shape index (κ1) is 24.2. The second-order valence-corrected chi connectivity index (χ2v) is 8.06. The fourth-order valence-corrected chi connectivity index (χ4v) is 3.95. The van der Waals surface area contributed by atoms with Crippen molar-refractivity contribution >= 4 is 34.8 Å². The fourth-order valence-electron chi connectivity index (χ4n) is 3.68. The second kappa shape index (κ2) is 11.0. The first-order valence-corrected chi connectivity index (χ1v) is 11.3. The van der Waals surface area contributed by atoms with Crippen LogP contribution in [0.25, 0.3) is 0 Å². The number of thiocarbonyl (C=S) groups is 1. The third-order valence-corrected chi connectivity index (χ3v) is 5.80. The summed E-state index contributed by atoms with van der Waals surface area (Å²) in [6, 6.07) is 21.7. The molecule has 0 radical (unpaired) electrons. The number of imide groups is 1. The Morgan fingerprint density at radius 2 is 1.51 bits per heavy atom. The van der Waals surface area contributed by atoms with E-state index >= 15 is 0 Å². The van der Waals surface area contributed by atoms with Crippen molar-refractivity contribution < 1.29 is 23.9 Å². The third-order valence-electron chi connectivity index (χ3n) is 5.50. The van der Waals surface area contributed by atoms with Gasteiger partial charge in [-0.2, -0.15) is 0 Å². The van der Waals surface area contributed by atoms with E-state index in [4.69, 9.17) is 26.5 Å². The Morgan fingerprint density at radius 1 is 0.886 bits per heavy atom. The summed E-state index contributed by atoms with van der Waals surface area (Å²) in [5.41, 5.74) is 2.43. The van der Waals surface area contributed by atoms with Crippen molar-refractivity contribution in [2.24, 2.45) is 0 Å². The summed E-state index contributed by atoms with van der Waals surface area (Å²) < 4.78 is 10.6. The molecule has 0 aliphatic carbocycles. The minimum absolute atomic E-state index is 0.106. The van der Waals surface area contributed by atoms with Crippen molar-refractivity contribution in [1.82, 2.24) is 9.96 Å². The fraction of sp³-hybridized carbons (Fsp3) is 0.192. The zero-order valence-corrected chi connectivity index (χ0v) is 20.2. The highest BCUT2D eigenvalue weighted by atomic mass is 32.1. The summed E-state index contributed by atoms with van der Waals surface area (Å²) in [5, 5.41) is 4.87. The summed E-state index contributed by atoms with van der Waals surface area (Å²) in [7, 11) is 3.12. The number of methoxy groups -OCH3 is 2. The molecule has 1 aliphatic rings. The van der Waals surface area contributed by atoms with Gasteiger partial charge in [-0.3, -0.25) is 19.3 Å². The van der Waals surface area contributed by atoms with Crippen LogP contribution in [0, 0.1) is 0 Å². The van der Waals surface area contributed by atoms with E-state index in [9.17, 15) is 9.59 Å². The van der Waals surface area contributed by atoms with Crippen molar-refractivity contribution in [3.05, 3.63) is 89.5 Å². The predicted molar refractivity (Wildman–Crippen MR) is 136 cm³/mol. The van der Waals surface area contributed by atoms with E-state index in [1.165, 1.54) is 9.96 Å². The van der Waals surface area contributed by atoms with Crippen LogP contribution < -0.4 is 14.8 Å². The Morgan fingerprint density at radius 3 is 2.14 bits per heavy atom. The number of anilines is 1. The molecule has 1 N–H and O–H groups in total. The van der Waals surface area contributed by atoms with E-state index in [1.54, 1.807) is 56.7 Å². The molecule has 2 amide bonds. The second-order valence-electron chi connectivity index (χ2n) is 7.67. The smallest absolute Gasteiger partial charge is 0.261 e. The summed E-state index contributed by atoms with van der Waals surface area (Å²) >= 11 is 5.61. The number of hydrogen-bond acceptors (Lipinski definition) is 6. The zero-order chi connectivity index (χ0) is 24.8. The lowest BCUT2D eigenvalue weighted by Crippen LogP contribution is -2.42. The minimum Gasteiger partial charge on any atom is -0.493 e. The van der Waals surface area contributed by atoms with Gasteiger partial charge in [-0.15, -0.1) is 0 Å². The lowest BCUT2D eigenvalue weighted by molar-refractivity contribution is -0.110. The van der Waals surface area contributed by atoms with Crippen molar-refractivity contribution in [1.29, 1.82) is 0 Å². The number of rotatable bonds is 9. The number of nitrogens with one attached hydrogen (secondary N) is 1. The number of carbonyl (C=O) groups is 2. The number of carbonyl (C=O) groups excluding carboxylic acids is 2. The summed E-state index contributed by atoms with van der Waals surface area (Å²) in [4.78, 5) is 32.7. The Hall–Kier alpha value is -3.95. The zero-order valence-electron chi connectivity index (χ0n) is 19.4. The van der Waals surface area contributed by atoms with E-state index < -0.39 is 0 Å². The van der Waals surface area contributed by atoms with E-state index in [-0.39, 0.29) is 36.6 Å². The van der Waals surface area contributed by atoms with Gasteiger partial charge in [0.25, 0.3) is 11.8 Å². The molecule has 0 spiro atoms. The van der Waals surface area contributed by atoms with Gasteiger partial charge >= 0.3 is 0 Å².